The number of carbonyl (C=O) groups excluding carboxylic acids is 2. The maximum atomic E-state index is 15.0. The van der Waals surface area contributed by atoms with E-state index in [0.717, 1.165) is 46.5 Å². The Morgan fingerprint density at radius 1 is 1.09 bits per heavy atom. The van der Waals surface area contributed by atoms with Crippen LogP contribution in [0.4, 0.5) is 40.0 Å². The van der Waals surface area contributed by atoms with Gasteiger partial charge < -0.3 is 10.1 Å². The first kappa shape index (κ1) is 34.6. The maximum Gasteiger partial charge on any atom is 0.347 e. The number of anilines is 2. The number of carbonyl (C=O) groups is 2. The number of nitrogens with zero attached hydrogens (tertiary/aromatic N) is 5. The minimum Gasteiger partial charge on any atom is -0.374 e. The Balaban J connectivity index is 1.31. The van der Waals surface area contributed by atoms with Gasteiger partial charge in [0.25, 0.3) is 0 Å². The molecule has 9 nitrogen and oxygen atoms in total. The van der Waals surface area contributed by atoms with E-state index >= 15 is 4.39 Å². The van der Waals surface area contributed by atoms with E-state index in [1.54, 1.807) is 12.1 Å². The van der Waals surface area contributed by atoms with Crippen LogP contribution in [0, 0.1) is 12.7 Å². The van der Waals surface area contributed by atoms with Gasteiger partial charge in [0.15, 0.2) is 11.0 Å². The van der Waals surface area contributed by atoms with Crippen molar-refractivity contribution in [1.82, 2.24) is 14.8 Å². The van der Waals surface area contributed by atoms with E-state index in [0.29, 0.717) is 11.3 Å². The van der Waals surface area contributed by atoms with Crippen LogP contribution < -0.4 is 10.2 Å². The number of rotatable bonds is 9. The lowest BCUT2D eigenvalue weighted by molar-refractivity contribution is -0.115. The van der Waals surface area contributed by atoms with E-state index in [-0.39, 0.29) is 64.9 Å². The van der Waals surface area contributed by atoms with E-state index in [1.807, 2.05) is 13.0 Å². The summed E-state index contributed by atoms with van der Waals surface area (Å²) in [5.41, 5.74) is 1.78. The second kappa shape index (κ2) is 12.4. The quantitative estimate of drug-likeness (QED) is 0.136. The van der Waals surface area contributed by atoms with E-state index < -0.39 is 31.8 Å². The van der Waals surface area contributed by atoms with Crippen LogP contribution in [0.3, 0.4) is 0 Å². The topological polar surface area (TPSA) is 102 Å². The zero-order valence-electron chi connectivity index (χ0n) is 23.9. The van der Waals surface area contributed by atoms with E-state index in [9.17, 15) is 29.0 Å². The van der Waals surface area contributed by atoms with Gasteiger partial charge in [0.1, 0.15) is 21.9 Å². The zero-order chi connectivity index (χ0) is 34.2. The predicted octanol–water partition coefficient (Wildman–Crippen LogP) is 9.03. The molecule has 47 heavy (non-hydrogen) atoms. The van der Waals surface area contributed by atoms with Crippen molar-refractivity contribution in [1.29, 1.82) is 0 Å². The fourth-order valence-corrected chi connectivity index (χ4v) is 5.99. The van der Waals surface area contributed by atoms with E-state index in [2.05, 4.69) is 20.4 Å². The molecular formula is C28H22Cl2F6N6O3S2. The van der Waals surface area contributed by atoms with Gasteiger partial charge in [0.2, 0.25) is 5.91 Å². The number of aryl methyl sites for hydroxylation is 1. The molecule has 0 atom stereocenters. The van der Waals surface area contributed by atoms with Gasteiger partial charge in [0.05, 0.1) is 36.0 Å². The van der Waals surface area contributed by atoms with Gasteiger partial charge in [-0.15, -0.1) is 28.3 Å². The molecule has 2 heterocycles. The zero-order valence-corrected chi connectivity index (χ0v) is 27.0. The van der Waals surface area contributed by atoms with Crippen LogP contribution in [0.5, 0.6) is 0 Å². The minimum absolute atomic E-state index is 0.000377. The summed E-state index contributed by atoms with van der Waals surface area (Å²) in [6.07, 6.45) is 1.11. The first-order valence-electron chi connectivity index (χ1n) is 13.2. The maximum absolute atomic E-state index is 15.0. The number of halogens is 8. The van der Waals surface area contributed by atoms with Crippen molar-refractivity contribution >= 4 is 73.7 Å². The summed E-state index contributed by atoms with van der Waals surface area (Å²) in [6, 6.07) is 10.0. The van der Waals surface area contributed by atoms with Crippen molar-refractivity contribution in [2.45, 2.75) is 23.3 Å². The third kappa shape index (κ3) is 8.39. The SMILES string of the molecule is Cc1ccc(COCC(Cl)Cl)c(N2C(=O)CS/C2=N\C(=O)Nc2ccc(-c3ncn(-c4ccc(S(F)(F)(F)(F)F)cc4)n3)cc2F)c1. The lowest BCUT2D eigenvalue weighted by Crippen LogP contribution is -2.31. The summed E-state index contributed by atoms with van der Waals surface area (Å²) >= 11 is 12.5. The molecule has 5 rings (SSSR count). The normalized spacial score (nSPS) is 16.1. The number of nitrogens with one attached hydrogen (secondary N) is 1. The number of urea groups is 1. The van der Waals surface area contributed by atoms with Gasteiger partial charge in [-0.3, -0.25) is 9.69 Å². The summed E-state index contributed by atoms with van der Waals surface area (Å²) in [4.78, 5) is 32.1. The summed E-state index contributed by atoms with van der Waals surface area (Å²) < 4.78 is 86.7. The number of amidine groups is 1. The van der Waals surface area contributed by atoms with Gasteiger partial charge >= 0.3 is 16.3 Å². The molecule has 1 saturated heterocycles. The number of alkyl halides is 2. The Kier molecular flexibility index (Phi) is 9.08. The third-order valence-corrected chi connectivity index (χ3v) is 8.79. The molecule has 19 heteroatoms. The lowest BCUT2D eigenvalue weighted by Gasteiger charge is -2.40. The van der Waals surface area contributed by atoms with Crippen LogP contribution in [0.1, 0.15) is 11.1 Å². The Morgan fingerprint density at radius 3 is 2.47 bits per heavy atom. The molecule has 0 radical (unpaired) electrons. The molecule has 0 bridgehead atoms. The van der Waals surface area contributed by atoms with E-state index in [4.69, 9.17) is 27.9 Å². The van der Waals surface area contributed by atoms with Crippen molar-refractivity contribution in [3.05, 3.63) is 83.9 Å². The molecular weight excluding hydrogens is 717 g/mol. The first-order valence-corrected chi connectivity index (χ1v) is 17.1. The summed E-state index contributed by atoms with van der Waals surface area (Å²) in [7, 11) is -9.84. The molecule has 0 saturated carbocycles. The highest BCUT2D eigenvalue weighted by Crippen LogP contribution is 3.02. The molecule has 1 fully saturated rings. The number of thioether (sulfide) groups is 1. The van der Waals surface area contributed by atoms with Crippen molar-refractivity contribution in [2.24, 2.45) is 4.99 Å². The fraction of sp³-hybridized carbons (Fsp3) is 0.179. The summed E-state index contributed by atoms with van der Waals surface area (Å²) in [5.74, 6) is -1.26. The molecule has 0 spiro atoms. The fourth-order valence-electron chi connectivity index (χ4n) is 4.31. The highest BCUT2D eigenvalue weighted by molar-refractivity contribution is 8.45. The highest BCUT2D eigenvalue weighted by Gasteiger charge is 2.65. The molecule has 3 amide bonds. The molecule has 1 N–H and O–H groups in total. The van der Waals surface area contributed by atoms with Gasteiger partial charge in [0, 0.05) is 11.1 Å². The molecule has 0 unspecified atom stereocenters. The van der Waals surface area contributed by atoms with Gasteiger partial charge in [-0.2, -0.15) is 4.99 Å². The highest BCUT2D eigenvalue weighted by atomic mass is 35.5. The summed E-state index contributed by atoms with van der Waals surface area (Å²) in [6.45, 7) is 1.95. The van der Waals surface area contributed by atoms with Crippen LogP contribution in [0.15, 0.2) is 76.9 Å². The number of hydrogen-bond acceptors (Lipinski definition) is 6. The molecule has 1 aliphatic rings. The number of amides is 3. The molecule has 3 aromatic carbocycles. The van der Waals surface area contributed by atoms with Gasteiger partial charge in [-0.05, 0) is 61.0 Å². The van der Waals surface area contributed by atoms with Crippen LogP contribution in [-0.2, 0) is 16.1 Å². The van der Waals surface area contributed by atoms with E-state index in [1.165, 1.54) is 17.0 Å². The van der Waals surface area contributed by atoms with Crippen LogP contribution >= 0.6 is 45.2 Å². The first-order chi connectivity index (χ1) is 21.9. The number of benzene rings is 3. The molecule has 250 valence electrons. The molecule has 1 aromatic heterocycles. The number of aromatic nitrogens is 3. The third-order valence-electron chi connectivity index (χ3n) is 6.45. The average Bonchev–Trinajstić information content (AvgIpc) is 3.61. The number of aliphatic imine (C=N–C) groups is 1. The second-order valence-electron chi connectivity index (χ2n) is 10.1. The minimum atomic E-state index is -9.84. The second-order valence-corrected chi connectivity index (χ2v) is 14.7. The number of ether oxygens (including phenoxy) is 1. The Bertz CT molecular complexity index is 1890. The molecule has 0 aliphatic carbocycles. The van der Waals surface area contributed by atoms with Crippen molar-refractivity contribution in [2.75, 3.05) is 22.6 Å². The monoisotopic (exact) mass is 738 g/mol. The van der Waals surface area contributed by atoms with Crippen molar-refractivity contribution in [3.8, 4) is 17.1 Å². The van der Waals surface area contributed by atoms with Crippen molar-refractivity contribution in [3.63, 3.8) is 0 Å². The average molecular weight is 740 g/mol. The molecule has 4 aromatic rings. The number of hydrogen-bond donors (Lipinski definition) is 1. The Hall–Kier alpha value is -3.77. The largest absolute Gasteiger partial charge is 0.374 e. The van der Waals surface area contributed by atoms with Gasteiger partial charge in [-0.25, -0.2) is 18.9 Å². The molecule has 1 aliphatic heterocycles. The lowest BCUT2D eigenvalue weighted by atomic mass is 10.1. The standard InChI is InChI=1S/C28H22Cl2F6N6O3S2/c1-16-2-3-18(12-45-13-24(29)30)23(10-16)42-25(43)14-46-28(42)39-27(44)38-22-9-4-17(11-21(22)31)26-37-15-41(40-26)19-5-7-20(8-6-19)47(32,33,34,35)36/h2-11,15,24H,12-14H2,1H3,(H,38,44)/b39-28-. The van der Waals surface area contributed by atoms with Crippen LogP contribution in [0.2, 0.25) is 0 Å². The summed E-state index contributed by atoms with van der Waals surface area (Å²) in [5, 5.41) is 6.46. The Morgan fingerprint density at radius 2 is 1.81 bits per heavy atom. The van der Waals surface area contributed by atoms with Crippen LogP contribution in [-0.4, -0.2) is 49.1 Å². The van der Waals surface area contributed by atoms with Crippen molar-refractivity contribution < 1.29 is 38.1 Å². The van der Waals surface area contributed by atoms with Gasteiger partial charge in [-0.1, -0.05) is 43.3 Å². The predicted molar refractivity (Wildman–Crippen MR) is 171 cm³/mol. The van der Waals surface area contributed by atoms with Crippen LogP contribution in [0.25, 0.3) is 17.1 Å². The Labute approximate surface area is 277 Å². The smallest absolute Gasteiger partial charge is 0.347 e.